The van der Waals surface area contributed by atoms with Crippen molar-refractivity contribution in [3.63, 3.8) is 0 Å². The van der Waals surface area contributed by atoms with E-state index in [1.807, 2.05) is 72.5 Å². The zero-order valence-corrected chi connectivity index (χ0v) is 18.4. The van der Waals surface area contributed by atoms with Gasteiger partial charge in [-0.3, -0.25) is 9.78 Å². The average molecular weight is 428 g/mol. The molecule has 0 spiro atoms. The van der Waals surface area contributed by atoms with Crippen LogP contribution < -0.4 is 9.47 Å². The van der Waals surface area contributed by atoms with Gasteiger partial charge in [-0.1, -0.05) is 24.3 Å². The highest BCUT2D eigenvalue weighted by Crippen LogP contribution is 2.29. The number of ether oxygens (including phenoxy) is 2. The first-order valence-corrected chi connectivity index (χ1v) is 10.4. The molecule has 1 amide bonds. The summed E-state index contributed by atoms with van der Waals surface area (Å²) in [6, 6.07) is 19.1. The molecule has 0 N–H and O–H groups in total. The first kappa shape index (κ1) is 21.3. The highest BCUT2D eigenvalue weighted by molar-refractivity contribution is 6.07. The quantitative estimate of drug-likeness (QED) is 0.416. The van der Waals surface area contributed by atoms with Crippen LogP contribution in [0.15, 0.2) is 73.1 Å². The number of carbonyl (C=O) groups is 1. The Kier molecular flexibility index (Phi) is 6.31. The molecular formula is C26H25N3O3. The third-order valence-electron chi connectivity index (χ3n) is 5.41. The molecule has 0 unspecified atom stereocenters. The van der Waals surface area contributed by atoms with E-state index in [-0.39, 0.29) is 5.91 Å². The maximum absolute atomic E-state index is 13.7. The molecule has 162 valence electrons. The highest BCUT2D eigenvalue weighted by Gasteiger charge is 2.20. The van der Waals surface area contributed by atoms with Gasteiger partial charge in [0.05, 0.1) is 31.0 Å². The van der Waals surface area contributed by atoms with E-state index < -0.39 is 0 Å². The van der Waals surface area contributed by atoms with E-state index in [0.29, 0.717) is 30.2 Å². The minimum absolute atomic E-state index is 0.0452. The van der Waals surface area contributed by atoms with Gasteiger partial charge in [0.1, 0.15) is 0 Å². The Hall–Kier alpha value is -3.93. The van der Waals surface area contributed by atoms with Crippen LogP contribution in [0, 0.1) is 0 Å². The van der Waals surface area contributed by atoms with Crippen molar-refractivity contribution >= 4 is 16.8 Å². The van der Waals surface area contributed by atoms with Gasteiger partial charge in [-0.05, 0) is 48.9 Å². The fourth-order valence-electron chi connectivity index (χ4n) is 3.72. The summed E-state index contributed by atoms with van der Waals surface area (Å²) in [5.74, 6) is 1.26. The molecule has 2 aromatic carbocycles. The van der Waals surface area contributed by atoms with E-state index in [2.05, 4.69) is 4.98 Å². The molecular weight excluding hydrogens is 402 g/mol. The van der Waals surface area contributed by atoms with Gasteiger partial charge in [-0.25, -0.2) is 4.98 Å². The SMILES string of the molecule is CCN(Cc1ccc(OC)c(OC)c1)C(=O)c1cc(-c2ccncc2)nc2ccccc12. The molecule has 6 nitrogen and oxygen atoms in total. The Balaban J connectivity index is 1.73. The third kappa shape index (κ3) is 4.25. The van der Waals surface area contributed by atoms with Crippen molar-refractivity contribution in [1.29, 1.82) is 0 Å². The summed E-state index contributed by atoms with van der Waals surface area (Å²) in [7, 11) is 3.21. The van der Waals surface area contributed by atoms with Gasteiger partial charge in [0.15, 0.2) is 11.5 Å². The van der Waals surface area contributed by atoms with Crippen LogP contribution >= 0.6 is 0 Å². The normalized spacial score (nSPS) is 10.7. The topological polar surface area (TPSA) is 64.6 Å². The van der Waals surface area contributed by atoms with Crippen LogP contribution in [-0.2, 0) is 6.54 Å². The highest BCUT2D eigenvalue weighted by atomic mass is 16.5. The lowest BCUT2D eigenvalue weighted by Crippen LogP contribution is -2.30. The number of para-hydroxylation sites is 1. The zero-order valence-electron chi connectivity index (χ0n) is 18.4. The molecule has 0 atom stereocenters. The summed E-state index contributed by atoms with van der Waals surface area (Å²) in [6.45, 7) is 3.00. The molecule has 6 heteroatoms. The number of pyridine rings is 2. The summed E-state index contributed by atoms with van der Waals surface area (Å²) in [6.07, 6.45) is 3.45. The van der Waals surface area contributed by atoms with Gasteiger partial charge in [-0.15, -0.1) is 0 Å². The van der Waals surface area contributed by atoms with E-state index >= 15 is 0 Å². The summed E-state index contributed by atoms with van der Waals surface area (Å²) in [5, 5.41) is 0.834. The fraction of sp³-hybridized carbons (Fsp3) is 0.192. The van der Waals surface area contributed by atoms with Crippen LogP contribution in [0.1, 0.15) is 22.8 Å². The molecule has 4 rings (SSSR count). The molecule has 2 aromatic heterocycles. The number of hydrogen-bond acceptors (Lipinski definition) is 5. The van der Waals surface area contributed by atoms with E-state index in [4.69, 9.17) is 14.5 Å². The largest absolute Gasteiger partial charge is 0.493 e. The lowest BCUT2D eigenvalue weighted by molar-refractivity contribution is 0.0754. The third-order valence-corrected chi connectivity index (χ3v) is 5.41. The van der Waals surface area contributed by atoms with Gasteiger partial charge < -0.3 is 14.4 Å². The fourth-order valence-corrected chi connectivity index (χ4v) is 3.72. The van der Waals surface area contributed by atoms with Crippen LogP contribution in [0.25, 0.3) is 22.2 Å². The molecule has 0 aliphatic heterocycles. The number of carbonyl (C=O) groups excluding carboxylic acids is 1. The van der Waals surface area contributed by atoms with Crippen molar-refractivity contribution in [2.45, 2.75) is 13.5 Å². The van der Waals surface area contributed by atoms with Crippen LogP contribution in [-0.4, -0.2) is 41.5 Å². The first-order valence-electron chi connectivity index (χ1n) is 10.4. The first-order chi connectivity index (χ1) is 15.6. The zero-order chi connectivity index (χ0) is 22.5. The number of rotatable bonds is 7. The van der Waals surface area contributed by atoms with Gasteiger partial charge >= 0.3 is 0 Å². The Morgan fingerprint density at radius 3 is 2.41 bits per heavy atom. The lowest BCUT2D eigenvalue weighted by atomic mass is 10.0. The summed E-state index contributed by atoms with van der Waals surface area (Å²) in [5.41, 5.74) is 4.04. The molecule has 0 saturated heterocycles. The second-order valence-corrected chi connectivity index (χ2v) is 7.32. The molecule has 0 saturated carbocycles. The van der Waals surface area contributed by atoms with E-state index in [9.17, 15) is 4.79 Å². The molecule has 0 aliphatic carbocycles. The van der Waals surface area contributed by atoms with Gasteiger partial charge in [0.2, 0.25) is 0 Å². The maximum atomic E-state index is 13.7. The number of methoxy groups -OCH3 is 2. The Morgan fingerprint density at radius 2 is 1.69 bits per heavy atom. The number of benzene rings is 2. The smallest absolute Gasteiger partial charge is 0.254 e. The van der Waals surface area contributed by atoms with E-state index in [1.54, 1.807) is 26.6 Å². The second-order valence-electron chi connectivity index (χ2n) is 7.32. The standard InChI is InChI=1S/C26H25N3O3/c1-4-29(17-18-9-10-24(31-2)25(15-18)32-3)26(30)21-16-23(19-11-13-27-14-12-19)28-22-8-6-5-7-20(21)22/h5-16H,4,17H2,1-3H3. The molecule has 0 aliphatic rings. The molecule has 2 heterocycles. The number of nitrogens with zero attached hydrogens (tertiary/aromatic N) is 3. The van der Waals surface area contributed by atoms with Crippen molar-refractivity contribution in [1.82, 2.24) is 14.9 Å². The number of hydrogen-bond donors (Lipinski definition) is 0. The number of aromatic nitrogens is 2. The Labute approximate surface area is 187 Å². The Bertz CT molecular complexity index is 1240. The predicted molar refractivity (Wildman–Crippen MR) is 125 cm³/mol. The van der Waals surface area contributed by atoms with Crippen molar-refractivity contribution in [2.24, 2.45) is 0 Å². The minimum Gasteiger partial charge on any atom is -0.493 e. The van der Waals surface area contributed by atoms with Crippen LogP contribution in [0.2, 0.25) is 0 Å². The average Bonchev–Trinajstić information content (AvgIpc) is 2.86. The molecule has 0 fully saturated rings. The Morgan fingerprint density at radius 1 is 0.938 bits per heavy atom. The minimum atomic E-state index is -0.0452. The summed E-state index contributed by atoms with van der Waals surface area (Å²) < 4.78 is 10.7. The van der Waals surface area contributed by atoms with Gasteiger partial charge in [0, 0.05) is 36.4 Å². The van der Waals surface area contributed by atoms with Crippen LogP contribution in [0.3, 0.4) is 0 Å². The van der Waals surface area contributed by atoms with E-state index in [0.717, 1.165) is 27.7 Å². The monoisotopic (exact) mass is 427 g/mol. The maximum Gasteiger partial charge on any atom is 0.254 e. The summed E-state index contributed by atoms with van der Waals surface area (Å²) >= 11 is 0. The molecule has 0 bridgehead atoms. The van der Waals surface area contributed by atoms with E-state index in [1.165, 1.54) is 0 Å². The van der Waals surface area contributed by atoms with Crippen molar-refractivity contribution in [2.75, 3.05) is 20.8 Å². The predicted octanol–water partition coefficient (Wildman–Crippen LogP) is 4.98. The molecule has 32 heavy (non-hydrogen) atoms. The van der Waals surface area contributed by atoms with Crippen LogP contribution in [0.4, 0.5) is 0 Å². The van der Waals surface area contributed by atoms with Crippen molar-refractivity contribution in [3.8, 4) is 22.8 Å². The molecule has 0 radical (unpaired) electrons. The summed E-state index contributed by atoms with van der Waals surface area (Å²) in [4.78, 5) is 24.4. The number of amides is 1. The van der Waals surface area contributed by atoms with Crippen molar-refractivity contribution in [3.05, 3.63) is 84.2 Å². The second kappa shape index (κ2) is 9.47. The van der Waals surface area contributed by atoms with Gasteiger partial charge in [-0.2, -0.15) is 0 Å². The van der Waals surface area contributed by atoms with Crippen molar-refractivity contribution < 1.29 is 14.3 Å². The lowest BCUT2D eigenvalue weighted by Gasteiger charge is -2.23. The van der Waals surface area contributed by atoms with Crippen LogP contribution in [0.5, 0.6) is 11.5 Å². The molecule has 4 aromatic rings. The van der Waals surface area contributed by atoms with Gasteiger partial charge in [0.25, 0.3) is 5.91 Å². The number of fused-ring (bicyclic) bond motifs is 1.